The zero-order valence-electron chi connectivity index (χ0n) is 18.3. The van der Waals surface area contributed by atoms with Gasteiger partial charge in [-0.05, 0) is 56.2 Å². The van der Waals surface area contributed by atoms with Crippen LogP contribution in [0.2, 0.25) is 0 Å². The molecule has 3 aromatic heterocycles. The molecule has 34 heavy (non-hydrogen) atoms. The number of nitrogens with zero attached hydrogens (tertiary/aromatic N) is 5. The molecule has 0 amide bonds. The van der Waals surface area contributed by atoms with E-state index in [1.807, 2.05) is 32.0 Å². The van der Waals surface area contributed by atoms with Crippen molar-refractivity contribution in [3.8, 4) is 16.9 Å². The Hall–Kier alpha value is -4.28. The van der Waals surface area contributed by atoms with Gasteiger partial charge in [0.1, 0.15) is 0 Å². The van der Waals surface area contributed by atoms with Gasteiger partial charge in [0, 0.05) is 41.1 Å². The molecule has 0 spiro atoms. The molecule has 0 fully saturated rings. The second kappa shape index (κ2) is 8.58. The SMILES string of the molecule is Cc1cc(C)cc(Nc2ncc(-c3cncc(C(=O)O)c3)c(-n3nc(C(F)(F)F)cc3C)n2)c1. The van der Waals surface area contributed by atoms with Crippen LogP contribution in [0.3, 0.4) is 0 Å². The number of aromatic carboxylic acids is 1. The summed E-state index contributed by atoms with van der Waals surface area (Å²) >= 11 is 0. The van der Waals surface area contributed by atoms with Crippen molar-refractivity contribution in [1.82, 2.24) is 24.7 Å². The van der Waals surface area contributed by atoms with Crippen molar-refractivity contribution in [2.45, 2.75) is 26.9 Å². The van der Waals surface area contributed by atoms with Gasteiger partial charge in [0.2, 0.25) is 5.95 Å². The van der Waals surface area contributed by atoms with Crippen molar-refractivity contribution >= 4 is 17.6 Å². The van der Waals surface area contributed by atoms with Gasteiger partial charge >= 0.3 is 12.1 Å². The third-order valence-electron chi connectivity index (χ3n) is 4.92. The average Bonchev–Trinajstić information content (AvgIpc) is 3.15. The second-order valence-electron chi connectivity index (χ2n) is 7.78. The largest absolute Gasteiger partial charge is 0.478 e. The summed E-state index contributed by atoms with van der Waals surface area (Å²) in [7, 11) is 0. The van der Waals surface area contributed by atoms with Gasteiger partial charge in [0.05, 0.1) is 5.56 Å². The van der Waals surface area contributed by atoms with Crippen LogP contribution in [0.1, 0.15) is 32.9 Å². The molecule has 4 aromatic rings. The monoisotopic (exact) mass is 468 g/mol. The number of pyridine rings is 1. The first-order chi connectivity index (χ1) is 16.0. The van der Waals surface area contributed by atoms with Crippen molar-refractivity contribution in [2.75, 3.05) is 5.32 Å². The van der Waals surface area contributed by atoms with E-state index in [-0.39, 0.29) is 28.6 Å². The normalized spacial score (nSPS) is 11.5. The predicted octanol–water partition coefficient (Wildman–Crippen LogP) is 5.11. The van der Waals surface area contributed by atoms with Gasteiger partial charge in [-0.1, -0.05) is 6.07 Å². The minimum Gasteiger partial charge on any atom is -0.478 e. The van der Waals surface area contributed by atoms with E-state index in [1.165, 1.54) is 31.6 Å². The molecule has 0 atom stereocenters. The molecule has 3 heterocycles. The first-order valence-electron chi connectivity index (χ1n) is 10.1. The molecule has 0 unspecified atom stereocenters. The Morgan fingerprint density at radius 2 is 1.71 bits per heavy atom. The highest BCUT2D eigenvalue weighted by Crippen LogP contribution is 2.32. The van der Waals surface area contributed by atoms with E-state index < -0.39 is 17.8 Å². The zero-order valence-corrected chi connectivity index (χ0v) is 18.3. The Morgan fingerprint density at radius 1 is 1.00 bits per heavy atom. The van der Waals surface area contributed by atoms with Gasteiger partial charge in [0.25, 0.3) is 0 Å². The van der Waals surface area contributed by atoms with Gasteiger partial charge in [-0.2, -0.15) is 23.3 Å². The lowest BCUT2D eigenvalue weighted by molar-refractivity contribution is -0.141. The van der Waals surface area contributed by atoms with Gasteiger partial charge < -0.3 is 10.4 Å². The van der Waals surface area contributed by atoms with Crippen LogP contribution in [0.25, 0.3) is 16.9 Å². The summed E-state index contributed by atoms with van der Waals surface area (Å²) in [4.78, 5) is 24.1. The fourth-order valence-corrected chi connectivity index (χ4v) is 3.51. The fourth-order valence-electron chi connectivity index (χ4n) is 3.51. The standard InChI is InChI=1S/C23H19F3N6O2/c1-12-4-13(2)6-17(5-12)29-22-28-11-18(15-8-16(21(33)34)10-27-9-15)20(30-22)32-14(3)7-19(31-32)23(24,25)26/h4-11H,1-3H3,(H,33,34)(H,28,29,30). The lowest BCUT2D eigenvalue weighted by atomic mass is 10.1. The number of hydrogen-bond acceptors (Lipinski definition) is 6. The Balaban J connectivity index is 1.88. The van der Waals surface area contributed by atoms with Gasteiger partial charge in [-0.3, -0.25) is 4.98 Å². The highest BCUT2D eigenvalue weighted by molar-refractivity contribution is 5.89. The van der Waals surface area contributed by atoms with Gasteiger partial charge in [-0.15, -0.1) is 0 Å². The summed E-state index contributed by atoms with van der Waals surface area (Å²) in [6.45, 7) is 5.33. The van der Waals surface area contributed by atoms with E-state index in [9.17, 15) is 23.1 Å². The predicted molar refractivity (Wildman–Crippen MR) is 118 cm³/mol. The molecule has 8 nitrogen and oxygen atoms in total. The van der Waals surface area contributed by atoms with Crippen molar-refractivity contribution < 1.29 is 23.1 Å². The highest BCUT2D eigenvalue weighted by Gasteiger charge is 2.35. The molecular formula is C23H19F3N6O2. The number of rotatable bonds is 5. The number of carboxylic acid groups (broad SMARTS) is 1. The lowest BCUT2D eigenvalue weighted by Crippen LogP contribution is -2.11. The van der Waals surface area contributed by atoms with Crippen LogP contribution in [-0.4, -0.2) is 35.8 Å². The van der Waals surface area contributed by atoms with Crippen molar-refractivity contribution in [1.29, 1.82) is 0 Å². The molecule has 0 aliphatic carbocycles. The topological polar surface area (TPSA) is 106 Å². The summed E-state index contributed by atoms with van der Waals surface area (Å²) in [6, 6.07) is 8.01. The molecule has 11 heteroatoms. The summed E-state index contributed by atoms with van der Waals surface area (Å²) in [5.74, 6) is -1.02. The van der Waals surface area contributed by atoms with Crippen molar-refractivity contribution in [3.05, 3.63) is 77.0 Å². The number of halogens is 3. The maximum atomic E-state index is 13.3. The van der Waals surface area contributed by atoms with E-state index in [0.717, 1.165) is 21.9 Å². The molecule has 0 saturated heterocycles. The molecular weight excluding hydrogens is 449 g/mol. The second-order valence-corrected chi connectivity index (χ2v) is 7.78. The Morgan fingerprint density at radius 3 is 2.32 bits per heavy atom. The number of aryl methyl sites for hydroxylation is 3. The summed E-state index contributed by atoms with van der Waals surface area (Å²) in [5, 5.41) is 16.1. The van der Waals surface area contributed by atoms with Crippen molar-refractivity contribution in [3.63, 3.8) is 0 Å². The lowest BCUT2D eigenvalue weighted by Gasteiger charge is -2.13. The zero-order chi connectivity index (χ0) is 24.6. The van der Waals surface area contributed by atoms with Crippen molar-refractivity contribution in [2.24, 2.45) is 0 Å². The molecule has 4 rings (SSSR count). The highest BCUT2D eigenvalue weighted by atomic mass is 19.4. The Labute approximate surface area is 192 Å². The maximum absolute atomic E-state index is 13.3. The van der Waals surface area contributed by atoms with Crippen LogP contribution in [0.15, 0.2) is 48.9 Å². The number of carboxylic acids is 1. The molecule has 2 N–H and O–H groups in total. The number of carbonyl (C=O) groups is 1. The van der Waals surface area contributed by atoms with Crippen LogP contribution < -0.4 is 5.32 Å². The molecule has 174 valence electrons. The third kappa shape index (κ3) is 4.72. The molecule has 0 aliphatic rings. The van der Waals surface area contributed by atoms with E-state index in [4.69, 9.17) is 0 Å². The average molecular weight is 468 g/mol. The third-order valence-corrected chi connectivity index (χ3v) is 4.92. The Bertz CT molecular complexity index is 1380. The smallest absolute Gasteiger partial charge is 0.435 e. The number of aromatic nitrogens is 5. The number of hydrogen-bond donors (Lipinski definition) is 2. The summed E-state index contributed by atoms with van der Waals surface area (Å²) in [6.07, 6.45) is -0.697. The van der Waals surface area contributed by atoms with Gasteiger partial charge in [0.15, 0.2) is 11.5 Å². The minimum absolute atomic E-state index is 0.0409. The molecule has 0 aliphatic heterocycles. The molecule has 1 aromatic carbocycles. The van der Waals surface area contributed by atoms with Crippen LogP contribution in [0.5, 0.6) is 0 Å². The van der Waals surface area contributed by atoms with E-state index in [0.29, 0.717) is 11.3 Å². The summed E-state index contributed by atoms with van der Waals surface area (Å²) < 4.78 is 41.0. The fraction of sp³-hybridized carbons (Fsp3) is 0.174. The van der Waals surface area contributed by atoms with E-state index in [1.54, 1.807) is 0 Å². The van der Waals surface area contributed by atoms with Crippen LogP contribution in [-0.2, 0) is 6.18 Å². The quantitative estimate of drug-likeness (QED) is 0.419. The van der Waals surface area contributed by atoms with E-state index in [2.05, 4.69) is 25.4 Å². The van der Waals surface area contributed by atoms with E-state index >= 15 is 0 Å². The molecule has 0 radical (unpaired) electrons. The number of benzene rings is 1. The number of anilines is 2. The number of alkyl halides is 3. The first kappa shape index (κ1) is 22.9. The Kier molecular flexibility index (Phi) is 5.78. The minimum atomic E-state index is -4.64. The maximum Gasteiger partial charge on any atom is 0.435 e. The van der Waals surface area contributed by atoms with Gasteiger partial charge in [-0.25, -0.2) is 14.5 Å². The summed E-state index contributed by atoms with van der Waals surface area (Å²) in [5.41, 5.74) is 2.33. The molecule has 0 saturated carbocycles. The molecule has 0 bridgehead atoms. The van der Waals surface area contributed by atoms with Crippen LogP contribution in [0, 0.1) is 20.8 Å². The van der Waals surface area contributed by atoms with Crippen LogP contribution in [0.4, 0.5) is 24.8 Å². The number of nitrogens with one attached hydrogen (secondary N) is 1. The first-order valence-corrected chi connectivity index (χ1v) is 10.1. The van der Waals surface area contributed by atoms with Crippen LogP contribution >= 0.6 is 0 Å².